The summed E-state index contributed by atoms with van der Waals surface area (Å²) >= 11 is 0. The van der Waals surface area contributed by atoms with E-state index in [4.69, 9.17) is 4.74 Å². The van der Waals surface area contributed by atoms with Gasteiger partial charge in [0.05, 0.1) is 5.56 Å². The van der Waals surface area contributed by atoms with E-state index in [1.165, 1.54) is 50.5 Å². The average molecular weight is 489 g/mol. The van der Waals surface area contributed by atoms with Gasteiger partial charge in [-0.1, -0.05) is 84.2 Å². The molecule has 0 amide bonds. The molecule has 2 saturated carbocycles. The van der Waals surface area contributed by atoms with Gasteiger partial charge >= 0.3 is 5.97 Å². The summed E-state index contributed by atoms with van der Waals surface area (Å²) < 4.78 is 5.93. The molecular formula is C34H48O2. The van der Waals surface area contributed by atoms with E-state index < -0.39 is 0 Å². The van der Waals surface area contributed by atoms with Gasteiger partial charge in [0.2, 0.25) is 0 Å². The number of carbonyl (C=O) groups is 1. The minimum Gasteiger partial charge on any atom is -0.455 e. The van der Waals surface area contributed by atoms with Gasteiger partial charge in [0, 0.05) is 0 Å². The lowest BCUT2D eigenvalue weighted by Crippen LogP contribution is -2.49. The summed E-state index contributed by atoms with van der Waals surface area (Å²) in [6.07, 6.45) is 19.0. The summed E-state index contributed by atoms with van der Waals surface area (Å²) in [4.78, 5) is 12.7. The van der Waals surface area contributed by atoms with Crippen LogP contribution >= 0.6 is 0 Å². The van der Waals surface area contributed by atoms with Crippen LogP contribution in [0.15, 0.2) is 54.1 Å². The summed E-state index contributed by atoms with van der Waals surface area (Å²) in [5, 5.41) is 0. The second-order valence-electron chi connectivity index (χ2n) is 13.6. The number of carbonyl (C=O) groups excluding carboxylic acids is 1. The first-order chi connectivity index (χ1) is 17.2. The van der Waals surface area contributed by atoms with E-state index >= 15 is 0 Å². The Bertz CT molecular complexity index is 990. The summed E-state index contributed by atoms with van der Waals surface area (Å²) in [6, 6.07) is 9.41. The van der Waals surface area contributed by atoms with E-state index in [1.54, 1.807) is 0 Å². The highest BCUT2D eigenvalue weighted by Crippen LogP contribution is 2.66. The van der Waals surface area contributed by atoms with Gasteiger partial charge in [-0.25, -0.2) is 4.79 Å². The number of esters is 1. The number of hydrogen-bond donors (Lipinski definition) is 0. The Morgan fingerprint density at radius 1 is 0.972 bits per heavy atom. The van der Waals surface area contributed by atoms with Gasteiger partial charge in [-0.05, 0) is 109 Å². The van der Waals surface area contributed by atoms with Crippen LogP contribution in [0.5, 0.6) is 0 Å². The SMILES string of the molecule is CC(C)CCC[C@H](C)[C@H]1CC[C@H]2[C@@H]3C=CC4=C[C@H](OC(=O)c5ccccc5)CC[C@]4(C)[C@H]3CC[C@]12C. The molecule has 0 aromatic heterocycles. The Balaban J connectivity index is 1.30. The minimum atomic E-state index is -0.202. The zero-order valence-electron chi connectivity index (χ0n) is 23.3. The van der Waals surface area contributed by atoms with Crippen LogP contribution in [0.2, 0.25) is 0 Å². The molecule has 0 bridgehead atoms. The highest BCUT2D eigenvalue weighted by molar-refractivity contribution is 5.89. The number of allylic oxidation sites excluding steroid dienone is 3. The van der Waals surface area contributed by atoms with Crippen molar-refractivity contribution in [2.75, 3.05) is 0 Å². The molecule has 2 heteroatoms. The molecule has 2 fully saturated rings. The zero-order chi connectivity index (χ0) is 25.5. The van der Waals surface area contributed by atoms with Gasteiger partial charge in [0.15, 0.2) is 0 Å². The Kier molecular flexibility index (Phi) is 7.27. The molecular weight excluding hydrogens is 440 g/mol. The van der Waals surface area contributed by atoms with Crippen molar-refractivity contribution in [1.82, 2.24) is 0 Å². The molecule has 0 saturated heterocycles. The fraction of sp³-hybridized carbons (Fsp3) is 0.676. The van der Waals surface area contributed by atoms with Gasteiger partial charge in [0.1, 0.15) is 6.10 Å². The van der Waals surface area contributed by atoms with Crippen LogP contribution in [0.25, 0.3) is 0 Å². The summed E-state index contributed by atoms with van der Waals surface area (Å²) in [7, 11) is 0. The van der Waals surface area contributed by atoms with E-state index in [0.29, 0.717) is 16.9 Å². The largest absolute Gasteiger partial charge is 0.455 e. The molecule has 5 rings (SSSR count). The normalized spacial score (nSPS) is 38.1. The smallest absolute Gasteiger partial charge is 0.338 e. The fourth-order valence-corrected chi connectivity index (χ4v) is 9.02. The van der Waals surface area contributed by atoms with Crippen LogP contribution in [0, 0.1) is 46.3 Å². The monoisotopic (exact) mass is 488 g/mol. The Morgan fingerprint density at radius 2 is 1.75 bits per heavy atom. The van der Waals surface area contributed by atoms with Crippen molar-refractivity contribution in [3.63, 3.8) is 0 Å². The third-order valence-corrected chi connectivity index (χ3v) is 11.1. The summed E-state index contributed by atoms with van der Waals surface area (Å²) in [6.45, 7) is 12.4. The number of hydrogen-bond acceptors (Lipinski definition) is 2. The van der Waals surface area contributed by atoms with Gasteiger partial charge < -0.3 is 4.74 Å². The topological polar surface area (TPSA) is 26.3 Å². The second-order valence-corrected chi connectivity index (χ2v) is 13.6. The van der Waals surface area contributed by atoms with Crippen molar-refractivity contribution < 1.29 is 9.53 Å². The third kappa shape index (κ3) is 4.63. The molecule has 0 spiro atoms. The maximum atomic E-state index is 12.7. The Labute approximate surface area is 220 Å². The number of ether oxygens (including phenoxy) is 1. The Hall–Kier alpha value is -1.83. The zero-order valence-corrected chi connectivity index (χ0v) is 23.3. The van der Waals surface area contributed by atoms with Crippen LogP contribution < -0.4 is 0 Å². The molecule has 4 aliphatic rings. The molecule has 0 radical (unpaired) electrons. The lowest BCUT2D eigenvalue weighted by molar-refractivity contribution is -0.0316. The summed E-state index contributed by atoms with van der Waals surface area (Å²) in [5.74, 6) is 4.64. The lowest BCUT2D eigenvalue weighted by atomic mass is 9.48. The maximum absolute atomic E-state index is 12.7. The molecule has 0 N–H and O–H groups in total. The predicted molar refractivity (Wildman–Crippen MR) is 149 cm³/mol. The van der Waals surface area contributed by atoms with E-state index in [2.05, 4.69) is 52.8 Å². The van der Waals surface area contributed by atoms with Crippen LogP contribution in [-0.2, 0) is 4.74 Å². The average Bonchev–Trinajstić information content (AvgIpc) is 3.22. The van der Waals surface area contributed by atoms with Crippen molar-refractivity contribution >= 4 is 5.97 Å². The van der Waals surface area contributed by atoms with E-state index in [-0.39, 0.29) is 17.5 Å². The van der Waals surface area contributed by atoms with Crippen LogP contribution in [0.3, 0.4) is 0 Å². The van der Waals surface area contributed by atoms with Gasteiger partial charge in [-0.2, -0.15) is 0 Å². The lowest BCUT2D eigenvalue weighted by Gasteiger charge is -2.57. The third-order valence-electron chi connectivity index (χ3n) is 11.1. The molecule has 0 heterocycles. The van der Waals surface area contributed by atoms with Crippen molar-refractivity contribution in [1.29, 1.82) is 0 Å². The van der Waals surface area contributed by atoms with Gasteiger partial charge in [-0.3, -0.25) is 0 Å². The van der Waals surface area contributed by atoms with E-state index in [9.17, 15) is 4.79 Å². The molecule has 8 atom stereocenters. The van der Waals surface area contributed by atoms with Crippen molar-refractivity contribution in [2.24, 2.45) is 46.3 Å². The fourth-order valence-electron chi connectivity index (χ4n) is 9.02. The predicted octanol–water partition coefficient (Wildman–Crippen LogP) is 9.03. The minimum absolute atomic E-state index is 0.113. The number of benzene rings is 1. The quantitative estimate of drug-likeness (QED) is 0.358. The van der Waals surface area contributed by atoms with Crippen LogP contribution in [-0.4, -0.2) is 12.1 Å². The molecule has 4 aliphatic carbocycles. The molecule has 0 aliphatic heterocycles. The van der Waals surface area contributed by atoms with Gasteiger partial charge in [-0.15, -0.1) is 0 Å². The molecule has 36 heavy (non-hydrogen) atoms. The van der Waals surface area contributed by atoms with Gasteiger partial charge in [0.25, 0.3) is 0 Å². The second kappa shape index (κ2) is 10.1. The maximum Gasteiger partial charge on any atom is 0.338 e. The number of rotatable bonds is 7. The molecule has 1 aromatic carbocycles. The van der Waals surface area contributed by atoms with Crippen molar-refractivity contribution in [2.45, 2.75) is 98.5 Å². The first kappa shape index (κ1) is 25.8. The van der Waals surface area contributed by atoms with Crippen molar-refractivity contribution in [3.8, 4) is 0 Å². The number of fused-ring (bicyclic) bond motifs is 5. The highest BCUT2D eigenvalue weighted by Gasteiger charge is 2.58. The summed E-state index contributed by atoms with van der Waals surface area (Å²) in [5.41, 5.74) is 2.78. The Morgan fingerprint density at radius 3 is 2.50 bits per heavy atom. The van der Waals surface area contributed by atoms with E-state index in [1.807, 2.05) is 30.3 Å². The molecule has 2 nitrogen and oxygen atoms in total. The van der Waals surface area contributed by atoms with Crippen LogP contribution in [0.4, 0.5) is 0 Å². The van der Waals surface area contributed by atoms with Crippen molar-refractivity contribution in [3.05, 3.63) is 59.7 Å². The van der Waals surface area contributed by atoms with Crippen LogP contribution in [0.1, 0.15) is 103 Å². The van der Waals surface area contributed by atoms with E-state index in [0.717, 1.165) is 42.4 Å². The first-order valence-electron chi connectivity index (χ1n) is 14.9. The molecule has 0 unspecified atom stereocenters. The standard InChI is InChI=1S/C34H48O2/c1-23(2)10-9-11-24(3)29-16-17-30-28-15-14-26-22-27(36-32(35)25-12-7-6-8-13-25)18-20-33(26,4)31(28)19-21-34(29,30)5/h6-8,12-15,22-24,27-31H,9-11,16-21H2,1-5H3/t24-,27+,28-,29+,30-,31-,33-,34+/m0/s1. The molecule has 196 valence electrons. The first-order valence-corrected chi connectivity index (χ1v) is 14.9. The highest BCUT2D eigenvalue weighted by atomic mass is 16.5. The molecule has 1 aromatic rings.